The number of hydrogen-bond acceptors (Lipinski definition) is 5. The second kappa shape index (κ2) is 18.5. The molecule has 0 aliphatic heterocycles. The lowest BCUT2D eigenvalue weighted by Crippen LogP contribution is -2.05. The molecule has 3 rings (SSSR count). The summed E-state index contributed by atoms with van der Waals surface area (Å²) in [5, 5.41) is 10.5. The molecule has 0 aliphatic carbocycles. The first-order valence-electron chi connectivity index (χ1n) is 13.3. The normalized spacial score (nSPS) is 12.5. The highest BCUT2D eigenvalue weighted by Crippen LogP contribution is 2.30. The maximum absolute atomic E-state index is 6.28. The van der Waals surface area contributed by atoms with Gasteiger partial charge in [-0.3, -0.25) is 5.41 Å². The van der Waals surface area contributed by atoms with Crippen molar-refractivity contribution in [3.63, 3.8) is 0 Å². The number of methoxy groups -OCH3 is 1. The number of allylic oxidation sites excluding steroid dienone is 2. The smallest absolute Gasteiger partial charge is 0.230 e. The molecule has 1 aromatic heterocycles. The number of rotatable bonds is 10. The van der Waals surface area contributed by atoms with Gasteiger partial charge in [-0.2, -0.15) is 4.98 Å². The Morgan fingerprint density at radius 3 is 2.21 bits per heavy atom. The molecule has 0 amide bonds. The molecule has 0 aliphatic rings. The summed E-state index contributed by atoms with van der Waals surface area (Å²) in [6.07, 6.45) is 6.66. The molecule has 0 bridgehead atoms. The summed E-state index contributed by atoms with van der Waals surface area (Å²) in [4.78, 5) is 4.69. The van der Waals surface area contributed by atoms with Gasteiger partial charge < -0.3 is 15.0 Å². The SMILES string of the molecule is C/C=C(\C)c1ccc(-c2noc(C(CCC)C[C@H](C)CC)n2)cc1.CC(=N)N.COCc1ccc(Br)cc1. The highest BCUT2D eigenvalue weighted by atomic mass is 79.9. The Hall–Kier alpha value is -2.77. The van der Waals surface area contributed by atoms with E-state index in [0.29, 0.717) is 24.3 Å². The van der Waals surface area contributed by atoms with Gasteiger partial charge in [-0.1, -0.05) is 97.2 Å². The molecule has 3 aromatic rings. The molecule has 3 N–H and O–H groups in total. The number of hydrogen-bond donors (Lipinski definition) is 2. The van der Waals surface area contributed by atoms with E-state index in [-0.39, 0.29) is 5.84 Å². The third-order valence-electron chi connectivity index (χ3n) is 6.07. The van der Waals surface area contributed by atoms with Gasteiger partial charge >= 0.3 is 0 Å². The highest BCUT2D eigenvalue weighted by molar-refractivity contribution is 9.10. The van der Waals surface area contributed by atoms with Crippen LogP contribution in [0.2, 0.25) is 0 Å². The standard InChI is InChI=1S/C21H30N2O.C8H9BrO.C2H6N2/c1-6-9-19(14-15(4)7-2)21-22-20(23-24-21)18-12-10-17(11-13-18)16(5)8-3;1-10-6-7-2-4-8(9)5-3-7;1-2(3)4/h8,10-13,15,19H,6-7,9,14H2,1-5H3;2-5H,6H2,1H3;1H3,(H3,3,4)/b16-8+;;/t15-,19?;;/m1../s1. The van der Waals surface area contributed by atoms with Crippen LogP contribution in [-0.2, 0) is 11.3 Å². The van der Waals surface area contributed by atoms with E-state index in [4.69, 9.17) is 20.4 Å². The van der Waals surface area contributed by atoms with Gasteiger partial charge in [0.25, 0.3) is 0 Å². The fourth-order valence-corrected chi connectivity index (χ4v) is 3.92. The number of ether oxygens (including phenoxy) is 1. The van der Waals surface area contributed by atoms with Crippen LogP contribution < -0.4 is 5.73 Å². The van der Waals surface area contributed by atoms with E-state index in [0.717, 1.165) is 35.2 Å². The third-order valence-corrected chi connectivity index (χ3v) is 6.60. The van der Waals surface area contributed by atoms with Gasteiger partial charge in [0.15, 0.2) is 0 Å². The molecule has 0 spiro atoms. The van der Waals surface area contributed by atoms with E-state index >= 15 is 0 Å². The first-order valence-corrected chi connectivity index (χ1v) is 14.1. The van der Waals surface area contributed by atoms with E-state index < -0.39 is 0 Å². The fraction of sp³-hybridized carbons (Fsp3) is 0.452. The summed E-state index contributed by atoms with van der Waals surface area (Å²) in [6, 6.07) is 16.5. The van der Waals surface area contributed by atoms with Gasteiger partial charge in [-0.25, -0.2) is 0 Å². The van der Waals surface area contributed by atoms with Crippen molar-refractivity contribution in [1.82, 2.24) is 10.1 Å². The summed E-state index contributed by atoms with van der Waals surface area (Å²) >= 11 is 3.36. The summed E-state index contributed by atoms with van der Waals surface area (Å²) in [6.45, 7) is 13.1. The number of nitrogens with one attached hydrogen (secondary N) is 1. The quantitative estimate of drug-likeness (QED) is 0.183. The number of amidine groups is 1. The van der Waals surface area contributed by atoms with Crippen molar-refractivity contribution < 1.29 is 9.26 Å². The Bertz CT molecular complexity index is 1090. The molecule has 1 unspecified atom stereocenters. The van der Waals surface area contributed by atoms with Gasteiger partial charge in [0.2, 0.25) is 11.7 Å². The number of aromatic nitrogens is 2. The van der Waals surface area contributed by atoms with Crippen molar-refractivity contribution in [3.05, 3.63) is 76.1 Å². The molecule has 0 saturated carbocycles. The Morgan fingerprint density at radius 2 is 1.71 bits per heavy atom. The lowest BCUT2D eigenvalue weighted by Gasteiger charge is -2.15. The third kappa shape index (κ3) is 12.7. The minimum Gasteiger partial charge on any atom is -0.388 e. The highest BCUT2D eigenvalue weighted by Gasteiger charge is 2.21. The van der Waals surface area contributed by atoms with E-state index in [1.54, 1.807) is 7.11 Å². The van der Waals surface area contributed by atoms with Crippen molar-refractivity contribution in [2.24, 2.45) is 11.7 Å². The van der Waals surface area contributed by atoms with E-state index in [9.17, 15) is 0 Å². The number of nitrogens with two attached hydrogens (primary N) is 1. The van der Waals surface area contributed by atoms with Crippen molar-refractivity contribution in [1.29, 1.82) is 5.41 Å². The second-order valence-corrected chi connectivity index (χ2v) is 10.4. The zero-order chi connectivity index (χ0) is 28.5. The van der Waals surface area contributed by atoms with Crippen molar-refractivity contribution in [2.75, 3.05) is 7.11 Å². The van der Waals surface area contributed by atoms with Gasteiger partial charge in [0.05, 0.1) is 12.4 Å². The molecule has 0 saturated heterocycles. The van der Waals surface area contributed by atoms with Crippen LogP contribution in [0.4, 0.5) is 0 Å². The molecule has 38 heavy (non-hydrogen) atoms. The maximum Gasteiger partial charge on any atom is 0.230 e. The van der Waals surface area contributed by atoms with Gasteiger partial charge in [0, 0.05) is 23.1 Å². The van der Waals surface area contributed by atoms with Crippen LogP contribution in [0.5, 0.6) is 0 Å². The van der Waals surface area contributed by atoms with E-state index in [2.05, 4.69) is 91.0 Å². The van der Waals surface area contributed by atoms with Crippen LogP contribution in [0.1, 0.15) is 90.2 Å². The Balaban J connectivity index is 0.000000424. The van der Waals surface area contributed by atoms with Crippen LogP contribution in [0.3, 0.4) is 0 Å². The summed E-state index contributed by atoms with van der Waals surface area (Å²) in [5.74, 6) is 2.71. The molecule has 6 nitrogen and oxygen atoms in total. The predicted octanol–water partition coefficient (Wildman–Crippen LogP) is 9.02. The predicted molar refractivity (Wildman–Crippen MR) is 163 cm³/mol. The second-order valence-electron chi connectivity index (χ2n) is 9.48. The molecule has 0 fully saturated rings. The van der Waals surface area contributed by atoms with Crippen LogP contribution >= 0.6 is 15.9 Å². The lowest BCUT2D eigenvalue weighted by molar-refractivity contribution is 0.185. The largest absolute Gasteiger partial charge is 0.388 e. The first-order chi connectivity index (χ1) is 18.1. The molecule has 2 aromatic carbocycles. The minimum atomic E-state index is 0.167. The van der Waals surface area contributed by atoms with Crippen LogP contribution in [-0.4, -0.2) is 23.1 Å². The lowest BCUT2D eigenvalue weighted by atomic mass is 9.90. The molecular formula is C31H45BrN4O2. The minimum absolute atomic E-state index is 0.167. The zero-order valence-corrected chi connectivity index (χ0v) is 25.6. The average molecular weight is 586 g/mol. The number of nitrogens with zero attached hydrogens (tertiary/aromatic N) is 2. The van der Waals surface area contributed by atoms with E-state index in [1.165, 1.54) is 30.0 Å². The monoisotopic (exact) mass is 584 g/mol. The number of halogens is 1. The molecule has 2 atom stereocenters. The molecule has 7 heteroatoms. The van der Waals surface area contributed by atoms with Crippen LogP contribution in [0.25, 0.3) is 17.0 Å². The summed E-state index contributed by atoms with van der Waals surface area (Å²) < 4.78 is 11.7. The zero-order valence-electron chi connectivity index (χ0n) is 24.1. The van der Waals surface area contributed by atoms with Crippen LogP contribution in [0, 0.1) is 11.3 Å². The van der Waals surface area contributed by atoms with Gasteiger partial charge in [0.1, 0.15) is 0 Å². The molecule has 1 heterocycles. The molecule has 0 radical (unpaired) electrons. The Morgan fingerprint density at radius 1 is 1.11 bits per heavy atom. The first kappa shape index (κ1) is 33.3. The van der Waals surface area contributed by atoms with Gasteiger partial charge in [-0.05, 0) is 68.4 Å². The van der Waals surface area contributed by atoms with Gasteiger partial charge in [-0.15, -0.1) is 0 Å². The fourth-order valence-electron chi connectivity index (χ4n) is 3.66. The molecule has 208 valence electrons. The topological polar surface area (TPSA) is 98.0 Å². The average Bonchev–Trinajstić information content (AvgIpc) is 3.40. The summed E-state index contributed by atoms with van der Waals surface area (Å²) in [7, 11) is 1.70. The van der Waals surface area contributed by atoms with Crippen molar-refractivity contribution in [3.8, 4) is 11.4 Å². The Labute approximate surface area is 237 Å². The van der Waals surface area contributed by atoms with E-state index in [1.807, 2.05) is 24.3 Å². The Kier molecular flexibility index (Phi) is 16.2. The number of benzene rings is 2. The van der Waals surface area contributed by atoms with Crippen molar-refractivity contribution >= 4 is 27.3 Å². The summed E-state index contributed by atoms with van der Waals surface area (Å²) in [5.41, 5.74) is 9.40. The molecular weight excluding hydrogens is 540 g/mol. The van der Waals surface area contributed by atoms with Crippen molar-refractivity contribution in [2.45, 2.75) is 79.8 Å². The maximum atomic E-state index is 6.28. The van der Waals surface area contributed by atoms with Crippen LogP contribution in [0.15, 0.2) is 63.6 Å².